The standard InChI is InChI=1S/C37H52O14.C36H52O15/c1-7-8-10-19(2)11-9-12-20(3)13-14-22-21(4)27(41)24(17-37(22,5)6)48-26(40)16-15-23(39)33-34(30(44)31(45)35(47)50-33)51-36-32(46)29(43)28(42)25(18-38)49-36;1-7-18(2)9-8-10-19(3)11-12-21-20(4)27(40)22(15-36(21,5)6)48-26(39)14-13-25(38)47-17-24-33(30(43)31(44)34(46)49-24)51-35-32(45)29(42)28(41)23(16-37)50-35/h7-14,24-25,28-36,38,42-47H,15-18H2,1-6H3;7-12,22-24,28-35,37,41-46H,13-17H2,1-6H3/b8-7+,11-9+,14-13+,19-10+,20-12+;9-8+,12-11+,18-7+,19-10+. The number of carbonyl (C=O) groups excluding carboxylic acids is 6. The molecule has 22 unspecified atom stereocenters. The monoisotopic (exact) mass is 1440 g/mol. The predicted molar refractivity (Wildman–Crippen MR) is 362 cm³/mol. The molecular formula is C73H104O29. The maximum absolute atomic E-state index is 13.3. The number of Topliss-reactive ketones (excluding diaryl/α,β-unsaturated/α-hetero) is 3. The van der Waals surface area contributed by atoms with Gasteiger partial charge in [0.15, 0.2) is 54.7 Å². The van der Waals surface area contributed by atoms with E-state index >= 15 is 0 Å². The molecule has 570 valence electrons. The number of aliphatic hydroxyl groups excluding tert-OH is 14. The van der Waals surface area contributed by atoms with Gasteiger partial charge in [-0.2, -0.15) is 0 Å². The van der Waals surface area contributed by atoms with Crippen LogP contribution in [0.4, 0.5) is 0 Å². The lowest BCUT2D eigenvalue weighted by Gasteiger charge is -2.45. The summed E-state index contributed by atoms with van der Waals surface area (Å²) < 4.78 is 48.3. The van der Waals surface area contributed by atoms with E-state index in [9.17, 15) is 100 Å². The minimum Gasteiger partial charge on any atom is -0.463 e. The molecule has 22 atom stereocenters. The van der Waals surface area contributed by atoms with E-state index in [1.54, 1.807) is 13.8 Å². The Balaban J connectivity index is 0.000000367. The van der Waals surface area contributed by atoms with Gasteiger partial charge in [-0.05, 0) is 88.5 Å². The molecule has 0 saturated carbocycles. The molecule has 29 nitrogen and oxygen atoms in total. The molecule has 4 aliphatic heterocycles. The molecule has 0 aromatic heterocycles. The summed E-state index contributed by atoms with van der Waals surface area (Å²) in [6.07, 6.45) is -11.7. The molecular weight excluding hydrogens is 1340 g/mol. The van der Waals surface area contributed by atoms with Crippen molar-refractivity contribution in [3.8, 4) is 0 Å². The molecule has 0 radical (unpaired) electrons. The second kappa shape index (κ2) is 39.2. The fraction of sp³-hybridized carbons (Fsp3) is 0.616. The zero-order valence-corrected chi connectivity index (χ0v) is 59.5. The van der Waals surface area contributed by atoms with E-state index in [-0.39, 0.29) is 24.4 Å². The molecule has 102 heavy (non-hydrogen) atoms. The number of rotatable bonds is 26. The molecule has 4 saturated heterocycles. The van der Waals surface area contributed by atoms with E-state index in [0.717, 1.165) is 33.4 Å². The summed E-state index contributed by atoms with van der Waals surface area (Å²) in [6.45, 7) is 20.7. The van der Waals surface area contributed by atoms with Gasteiger partial charge in [0.1, 0.15) is 104 Å². The van der Waals surface area contributed by atoms with Gasteiger partial charge in [-0.15, -0.1) is 0 Å². The van der Waals surface area contributed by atoms with Crippen molar-refractivity contribution in [2.45, 2.75) is 257 Å². The summed E-state index contributed by atoms with van der Waals surface area (Å²) in [6, 6.07) is 0. The zero-order chi connectivity index (χ0) is 76.4. The Morgan fingerprint density at radius 1 is 0.471 bits per heavy atom. The van der Waals surface area contributed by atoms with E-state index in [1.165, 1.54) is 0 Å². The first kappa shape index (κ1) is 86.4. The normalized spacial score (nSPS) is 35.2. The van der Waals surface area contributed by atoms with Gasteiger partial charge < -0.3 is 114 Å². The molecule has 0 amide bonds. The molecule has 4 heterocycles. The Hall–Kier alpha value is -6.24. The van der Waals surface area contributed by atoms with Crippen molar-refractivity contribution >= 4 is 35.3 Å². The van der Waals surface area contributed by atoms with Crippen molar-refractivity contribution in [2.24, 2.45) is 10.8 Å². The third kappa shape index (κ3) is 23.1. The largest absolute Gasteiger partial charge is 0.463 e. The lowest BCUT2D eigenvalue weighted by atomic mass is 9.71. The second-order valence-corrected chi connectivity index (χ2v) is 27.3. The van der Waals surface area contributed by atoms with Crippen LogP contribution < -0.4 is 0 Å². The van der Waals surface area contributed by atoms with Gasteiger partial charge in [0.25, 0.3) is 0 Å². The number of hydrogen-bond donors (Lipinski definition) is 14. The highest BCUT2D eigenvalue weighted by Gasteiger charge is 2.54. The Labute approximate surface area is 593 Å². The van der Waals surface area contributed by atoms with Crippen LogP contribution >= 0.6 is 0 Å². The molecule has 29 heteroatoms. The molecule has 0 spiro atoms. The number of carbonyl (C=O) groups is 6. The average molecular weight is 1450 g/mol. The van der Waals surface area contributed by atoms with E-state index in [2.05, 4.69) is 0 Å². The van der Waals surface area contributed by atoms with E-state index in [4.69, 9.17) is 42.6 Å². The minimum absolute atomic E-state index is 0.192. The Morgan fingerprint density at radius 2 is 0.873 bits per heavy atom. The van der Waals surface area contributed by atoms with Gasteiger partial charge in [0, 0.05) is 19.3 Å². The van der Waals surface area contributed by atoms with E-state index in [1.807, 2.05) is 154 Å². The second-order valence-electron chi connectivity index (χ2n) is 27.3. The van der Waals surface area contributed by atoms with Crippen molar-refractivity contribution < 1.29 is 143 Å². The van der Waals surface area contributed by atoms with Crippen molar-refractivity contribution in [1.82, 2.24) is 0 Å². The summed E-state index contributed by atoms with van der Waals surface area (Å²) in [7, 11) is 0. The highest BCUT2D eigenvalue weighted by molar-refractivity contribution is 6.02. The van der Waals surface area contributed by atoms with Gasteiger partial charge in [0.2, 0.25) is 0 Å². The minimum atomic E-state index is -2.03. The Kier molecular flexibility index (Phi) is 33.2. The number of esters is 3. The summed E-state index contributed by atoms with van der Waals surface area (Å²) >= 11 is 0. The lowest BCUT2D eigenvalue weighted by Crippen LogP contribution is -2.65. The van der Waals surface area contributed by atoms with Crippen LogP contribution in [0.5, 0.6) is 0 Å². The lowest BCUT2D eigenvalue weighted by molar-refractivity contribution is -0.355. The van der Waals surface area contributed by atoms with Crippen molar-refractivity contribution in [1.29, 1.82) is 0 Å². The summed E-state index contributed by atoms with van der Waals surface area (Å²) in [5, 5.41) is 141. The smallest absolute Gasteiger partial charge is 0.307 e. The SMILES string of the molecule is C/C=C(C)/C=C/C=C(C)/C=C/C1=C(C)C(=O)C(OC(=O)CCC(=O)OCC2OC(O)C(O)C(O)C2OC2OC(CO)C(O)C(O)C2O)CC1(C)C.C/C=C/C=C(C)/C=C/C=C(C)/C=C/C1=C(C)C(=O)C(OC(=O)CCC(=O)C2OC(O)C(O)C(O)C2OC2OC(CO)C(O)C(O)C2O)CC1(C)C. The fourth-order valence-corrected chi connectivity index (χ4v) is 12.0. The van der Waals surface area contributed by atoms with Crippen LogP contribution in [-0.4, -0.2) is 262 Å². The van der Waals surface area contributed by atoms with Crippen LogP contribution in [0.3, 0.4) is 0 Å². The maximum atomic E-state index is 13.3. The predicted octanol–water partition coefficient (Wildman–Crippen LogP) is 0.954. The number of ether oxygens (including phenoxy) is 9. The molecule has 6 rings (SSSR count). The first-order chi connectivity index (χ1) is 47.8. The molecule has 0 aromatic carbocycles. The summed E-state index contributed by atoms with van der Waals surface area (Å²) in [5.74, 6) is -4.15. The fourth-order valence-electron chi connectivity index (χ4n) is 12.0. The topological polar surface area (TPSA) is 469 Å². The summed E-state index contributed by atoms with van der Waals surface area (Å²) in [4.78, 5) is 77.9. The van der Waals surface area contributed by atoms with Crippen LogP contribution in [0.2, 0.25) is 0 Å². The van der Waals surface area contributed by atoms with Crippen molar-refractivity contribution in [3.05, 3.63) is 130 Å². The first-order valence-electron chi connectivity index (χ1n) is 33.7. The average Bonchev–Trinajstić information content (AvgIpc) is 0.802. The van der Waals surface area contributed by atoms with Crippen LogP contribution in [0.1, 0.15) is 122 Å². The molecule has 0 bridgehead atoms. The highest BCUT2D eigenvalue weighted by Crippen LogP contribution is 2.43. The number of allylic oxidation sites excluding steroid dienone is 20. The van der Waals surface area contributed by atoms with Gasteiger partial charge in [-0.25, -0.2) is 0 Å². The molecule has 4 fully saturated rings. The van der Waals surface area contributed by atoms with Crippen LogP contribution in [0.15, 0.2) is 130 Å². The van der Waals surface area contributed by atoms with Crippen molar-refractivity contribution in [2.75, 3.05) is 19.8 Å². The first-order valence-corrected chi connectivity index (χ1v) is 33.7. The third-order valence-corrected chi connectivity index (χ3v) is 18.3. The molecule has 2 aliphatic carbocycles. The Morgan fingerprint density at radius 3 is 1.32 bits per heavy atom. The number of hydrogen-bond acceptors (Lipinski definition) is 29. The molecule has 0 aromatic rings. The summed E-state index contributed by atoms with van der Waals surface area (Å²) in [5.41, 5.74) is 5.65. The van der Waals surface area contributed by atoms with Gasteiger partial charge in [-0.3, -0.25) is 28.8 Å². The number of aliphatic hydroxyl groups is 14. The Bertz CT molecular complexity index is 3250. The van der Waals surface area contributed by atoms with Crippen molar-refractivity contribution in [3.63, 3.8) is 0 Å². The maximum Gasteiger partial charge on any atom is 0.307 e. The van der Waals surface area contributed by atoms with E-state index in [0.29, 0.717) is 11.1 Å². The highest BCUT2D eigenvalue weighted by atomic mass is 16.7. The van der Waals surface area contributed by atoms with Crippen LogP contribution in [0.25, 0.3) is 0 Å². The van der Waals surface area contributed by atoms with Gasteiger partial charge in [0.05, 0.1) is 32.5 Å². The van der Waals surface area contributed by atoms with E-state index < -0.39 is 215 Å². The third-order valence-electron chi connectivity index (χ3n) is 18.3. The zero-order valence-electron chi connectivity index (χ0n) is 59.5. The van der Waals surface area contributed by atoms with Crippen LogP contribution in [0, 0.1) is 10.8 Å². The van der Waals surface area contributed by atoms with Gasteiger partial charge >= 0.3 is 17.9 Å². The van der Waals surface area contributed by atoms with Gasteiger partial charge in [-0.1, -0.05) is 135 Å². The quantitative estimate of drug-likeness (QED) is 0.0326. The molecule has 6 aliphatic rings. The number of ketones is 3. The van der Waals surface area contributed by atoms with Crippen LogP contribution in [-0.2, 0) is 71.4 Å². The molecule has 14 N–H and O–H groups in total.